The zero-order valence-corrected chi connectivity index (χ0v) is 12.6. The summed E-state index contributed by atoms with van der Waals surface area (Å²) in [5.41, 5.74) is 7.31. The average Bonchev–Trinajstić information content (AvgIpc) is 2.79. The molecule has 1 aliphatic rings. The third kappa shape index (κ3) is 4.17. The van der Waals surface area contributed by atoms with Crippen molar-refractivity contribution in [3.8, 4) is 0 Å². The number of hydrogen-bond acceptors (Lipinski definition) is 4. The summed E-state index contributed by atoms with van der Waals surface area (Å²) >= 11 is 0. The third-order valence-electron chi connectivity index (χ3n) is 3.67. The number of nitrogens with one attached hydrogen (secondary N) is 1. The predicted octanol–water partition coefficient (Wildman–Crippen LogP) is 0.674. The first-order chi connectivity index (χ1) is 9.99. The lowest BCUT2D eigenvalue weighted by Gasteiger charge is -2.27. The Labute approximate surface area is 125 Å². The molecule has 6 nitrogen and oxygen atoms in total. The Hall–Kier alpha value is -1.63. The fraction of sp³-hybridized carbons (Fsp3) is 0.533. The first-order valence-corrected chi connectivity index (χ1v) is 7.19. The smallest absolute Gasteiger partial charge is 0.322 e. The van der Waals surface area contributed by atoms with Crippen LogP contribution in [0.4, 0.5) is 10.5 Å². The van der Waals surface area contributed by atoms with Gasteiger partial charge >= 0.3 is 6.03 Å². The Balaban J connectivity index is 2.00. The number of nitrogens with zero attached hydrogens (tertiary/aromatic N) is 2. The topological polar surface area (TPSA) is 81.8 Å². The minimum atomic E-state index is -0.444. The maximum atomic E-state index is 12.4. The molecule has 1 aromatic rings. The van der Waals surface area contributed by atoms with Crippen LogP contribution >= 0.6 is 0 Å². The highest BCUT2D eigenvalue weighted by atomic mass is 16.3. The summed E-state index contributed by atoms with van der Waals surface area (Å²) in [6.45, 7) is 1.61. The quantitative estimate of drug-likeness (QED) is 0.762. The van der Waals surface area contributed by atoms with Crippen molar-refractivity contribution in [2.45, 2.75) is 25.1 Å². The van der Waals surface area contributed by atoms with Crippen LogP contribution in [0.1, 0.15) is 12.0 Å². The number of likely N-dealkylation sites (N-methyl/N-ethyl adjacent to an activating group) is 1. The standard InChI is InChI=1S/C15H24N4O2/c1-18(2)9-13-7-14(20)10-19(13)15(21)17-12-5-3-11(8-16)4-6-12/h3-6,13-14,20H,7-10,16H2,1-2H3,(H,17,21). The van der Waals surface area contributed by atoms with Gasteiger partial charge in [-0.15, -0.1) is 0 Å². The van der Waals surface area contributed by atoms with E-state index >= 15 is 0 Å². The molecule has 0 radical (unpaired) electrons. The van der Waals surface area contributed by atoms with E-state index in [1.54, 1.807) is 4.90 Å². The molecular formula is C15H24N4O2. The molecule has 1 heterocycles. The van der Waals surface area contributed by atoms with Gasteiger partial charge in [0, 0.05) is 31.4 Å². The van der Waals surface area contributed by atoms with Crippen molar-refractivity contribution in [1.82, 2.24) is 9.80 Å². The molecule has 21 heavy (non-hydrogen) atoms. The molecule has 6 heteroatoms. The number of urea groups is 1. The monoisotopic (exact) mass is 292 g/mol. The summed E-state index contributed by atoms with van der Waals surface area (Å²) in [6.07, 6.45) is 0.179. The van der Waals surface area contributed by atoms with Crippen molar-refractivity contribution < 1.29 is 9.90 Å². The van der Waals surface area contributed by atoms with Gasteiger partial charge in [-0.1, -0.05) is 12.1 Å². The van der Waals surface area contributed by atoms with Crippen LogP contribution in [0.3, 0.4) is 0 Å². The molecule has 0 aromatic heterocycles. The van der Waals surface area contributed by atoms with Gasteiger partial charge in [0.15, 0.2) is 0 Å². The molecule has 4 N–H and O–H groups in total. The molecule has 0 bridgehead atoms. The van der Waals surface area contributed by atoms with Gasteiger partial charge in [0.2, 0.25) is 0 Å². The Bertz CT molecular complexity index is 475. The van der Waals surface area contributed by atoms with Gasteiger partial charge in [0.05, 0.1) is 6.10 Å². The van der Waals surface area contributed by atoms with E-state index in [9.17, 15) is 9.90 Å². The molecule has 1 fully saturated rings. The minimum absolute atomic E-state index is 0.0401. The van der Waals surface area contributed by atoms with E-state index in [1.165, 1.54) is 0 Å². The van der Waals surface area contributed by atoms with Gasteiger partial charge in [0.25, 0.3) is 0 Å². The van der Waals surface area contributed by atoms with Crippen LogP contribution in [0.25, 0.3) is 0 Å². The number of amides is 2. The highest BCUT2D eigenvalue weighted by molar-refractivity contribution is 5.89. The second-order valence-electron chi connectivity index (χ2n) is 5.79. The van der Waals surface area contributed by atoms with E-state index in [1.807, 2.05) is 43.3 Å². The summed E-state index contributed by atoms with van der Waals surface area (Å²) in [4.78, 5) is 16.1. The lowest BCUT2D eigenvalue weighted by Crippen LogP contribution is -2.43. The van der Waals surface area contributed by atoms with Gasteiger partial charge in [0.1, 0.15) is 0 Å². The van der Waals surface area contributed by atoms with E-state index in [0.717, 1.165) is 17.8 Å². The highest BCUT2D eigenvalue weighted by Crippen LogP contribution is 2.20. The van der Waals surface area contributed by atoms with E-state index < -0.39 is 6.10 Å². The van der Waals surface area contributed by atoms with Crippen LogP contribution < -0.4 is 11.1 Å². The lowest BCUT2D eigenvalue weighted by molar-refractivity contribution is 0.174. The predicted molar refractivity (Wildman–Crippen MR) is 83.0 cm³/mol. The molecule has 1 saturated heterocycles. The maximum Gasteiger partial charge on any atom is 0.322 e. The first kappa shape index (κ1) is 15.8. The van der Waals surface area contributed by atoms with Gasteiger partial charge in [-0.05, 0) is 38.2 Å². The number of nitrogens with two attached hydrogens (primary N) is 1. The maximum absolute atomic E-state index is 12.4. The SMILES string of the molecule is CN(C)CC1CC(O)CN1C(=O)Nc1ccc(CN)cc1. The van der Waals surface area contributed by atoms with Gasteiger partial charge in [-0.3, -0.25) is 0 Å². The summed E-state index contributed by atoms with van der Waals surface area (Å²) in [5, 5.41) is 12.7. The lowest BCUT2D eigenvalue weighted by atomic mass is 10.2. The molecule has 116 valence electrons. The first-order valence-electron chi connectivity index (χ1n) is 7.19. The fourth-order valence-corrected chi connectivity index (χ4v) is 2.65. The summed E-state index contributed by atoms with van der Waals surface area (Å²) in [7, 11) is 3.93. The molecule has 2 rings (SSSR count). The number of aliphatic hydroxyl groups excluding tert-OH is 1. The Morgan fingerprint density at radius 3 is 2.67 bits per heavy atom. The van der Waals surface area contributed by atoms with Gasteiger partial charge in [-0.2, -0.15) is 0 Å². The number of aliphatic hydroxyl groups is 1. The molecule has 0 saturated carbocycles. The van der Waals surface area contributed by atoms with Crippen LogP contribution in [-0.4, -0.2) is 60.3 Å². The van der Waals surface area contributed by atoms with Gasteiger partial charge in [-0.25, -0.2) is 4.79 Å². The Kier molecular flexibility index (Phi) is 5.17. The van der Waals surface area contributed by atoms with Crippen molar-refractivity contribution in [2.24, 2.45) is 5.73 Å². The van der Waals surface area contributed by atoms with Crippen molar-refractivity contribution in [1.29, 1.82) is 0 Å². The van der Waals surface area contributed by atoms with E-state index in [4.69, 9.17) is 5.73 Å². The largest absolute Gasteiger partial charge is 0.391 e. The van der Waals surface area contributed by atoms with Crippen LogP contribution in [-0.2, 0) is 6.54 Å². The van der Waals surface area contributed by atoms with E-state index in [0.29, 0.717) is 19.5 Å². The molecule has 0 aliphatic carbocycles. The number of benzene rings is 1. The molecule has 1 aromatic carbocycles. The Morgan fingerprint density at radius 1 is 1.43 bits per heavy atom. The number of carbonyl (C=O) groups excluding carboxylic acids is 1. The highest BCUT2D eigenvalue weighted by Gasteiger charge is 2.34. The van der Waals surface area contributed by atoms with Crippen molar-refractivity contribution >= 4 is 11.7 Å². The van der Waals surface area contributed by atoms with E-state index in [2.05, 4.69) is 5.32 Å². The average molecular weight is 292 g/mol. The fourth-order valence-electron chi connectivity index (χ4n) is 2.65. The molecule has 1 aliphatic heterocycles. The summed E-state index contributed by atoms with van der Waals surface area (Å²) < 4.78 is 0. The zero-order chi connectivity index (χ0) is 15.4. The molecule has 2 atom stereocenters. The zero-order valence-electron chi connectivity index (χ0n) is 12.6. The second-order valence-corrected chi connectivity index (χ2v) is 5.79. The van der Waals surface area contributed by atoms with Crippen LogP contribution in [0.15, 0.2) is 24.3 Å². The molecule has 2 amide bonds. The summed E-state index contributed by atoms with van der Waals surface area (Å²) in [5.74, 6) is 0. The Morgan fingerprint density at radius 2 is 2.10 bits per heavy atom. The number of carbonyl (C=O) groups is 1. The minimum Gasteiger partial charge on any atom is -0.391 e. The van der Waals surface area contributed by atoms with Crippen molar-refractivity contribution in [3.63, 3.8) is 0 Å². The number of rotatable bonds is 4. The number of β-amino-alcohol motifs (C(OH)–C–C–N with tert-alkyl or cyclic N) is 1. The molecule has 2 unspecified atom stereocenters. The van der Waals surface area contributed by atoms with Crippen LogP contribution in [0.5, 0.6) is 0 Å². The summed E-state index contributed by atoms with van der Waals surface area (Å²) in [6, 6.07) is 7.34. The normalized spacial score (nSPS) is 21.9. The van der Waals surface area contributed by atoms with Crippen LogP contribution in [0, 0.1) is 0 Å². The van der Waals surface area contributed by atoms with E-state index in [-0.39, 0.29) is 12.1 Å². The number of likely N-dealkylation sites (tertiary alicyclic amines) is 1. The third-order valence-corrected chi connectivity index (χ3v) is 3.67. The van der Waals surface area contributed by atoms with Crippen molar-refractivity contribution in [3.05, 3.63) is 29.8 Å². The molecular weight excluding hydrogens is 268 g/mol. The number of hydrogen-bond donors (Lipinski definition) is 3. The van der Waals surface area contributed by atoms with Crippen LogP contribution in [0.2, 0.25) is 0 Å². The second kappa shape index (κ2) is 6.89. The van der Waals surface area contributed by atoms with Gasteiger partial charge < -0.3 is 26.0 Å². The number of anilines is 1. The van der Waals surface area contributed by atoms with Crippen molar-refractivity contribution in [2.75, 3.05) is 32.5 Å². The molecule has 0 spiro atoms.